The molecule has 1 saturated heterocycles. The monoisotopic (exact) mass is 362 g/mol. The average Bonchev–Trinajstić information content (AvgIpc) is 2.72. The molecule has 0 aliphatic carbocycles. The van der Waals surface area contributed by atoms with E-state index < -0.39 is 0 Å². The zero-order chi connectivity index (χ0) is 18.8. The predicted molar refractivity (Wildman–Crippen MR) is 107 cm³/mol. The molecular formula is C21H22N4O2. The molecule has 6 nitrogen and oxygen atoms in total. The van der Waals surface area contributed by atoms with Gasteiger partial charge < -0.3 is 10.2 Å². The first-order chi connectivity index (χ1) is 13.1. The van der Waals surface area contributed by atoms with Crippen molar-refractivity contribution in [1.29, 1.82) is 0 Å². The van der Waals surface area contributed by atoms with Gasteiger partial charge in [-0.3, -0.25) is 9.59 Å². The van der Waals surface area contributed by atoms with E-state index in [-0.39, 0.29) is 17.2 Å². The number of nitrogens with zero attached hydrogens (tertiary/aromatic N) is 3. The molecule has 4 rings (SSSR count). The van der Waals surface area contributed by atoms with Gasteiger partial charge in [-0.05, 0) is 49.6 Å². The molecule has 2 aromatic carbocycles. The number of carbonyl (C=O) groups excluding carboxylic acids is 1. The molecule has 138 valence electrons. The van der Waals surface area contributed by atoms with E-state index in [0.29, 0.717) is 16.5 Å². The van der Waals surface area contributed by atoms with Crippen LogP contribution in [-0.4, -0.2) is 28.8 Å². The molecule has 1 fully saturated rings. The van der Waals surface area contributed by atoms with Crippen molar-refractivity contribution in [3.05, 3.63) is 64.6 Å². The Morgan fingerprint density at radius 2 is 1.63 bits per heavy atom. The van der Waals surface area contributed by atoms with E-state index in [1.54, 1.807) is 31.3 Å². The molecule has 0 atom stereocenters. The molecule has 0 saturated carbocycles. The van der Waals surface area contributed by atoms with Crippen LogP contribution >= 0.6 is 0 Å². The summed E-state index contributed by atoms with van der Waals surface area (Å²) in [5.41, 5.74) is 1.92. The van der Waals surface area contributed by atoms with E-state index in [1.807, 2.05) is 24.3 Å². The minimum absolute atomic E-state index is 0.215. The van der Waals surface area contributed by atoms with Crippen molar-refractivity contribution < 1.29 is 4.79 Å². The van der Waals surface area contributed by atoms with Crippen LogP contribution in [-0.2, 0) is 7.05 Å². The summed E-state index contributed by atoms with van der Waals surface area (Å²) in [5, 5.41) is 8.11. The lowest BCUT2D eigenvalue weighted by Crippen LogP contribution is -2.29. The van der Waals surface area contributed by atoms with Gasteiger partial charge in [0, 0.05) is 36.9 Å². The fourth-order valence-electron chi connectivity index (χ4n) is 3.57. The first kappa shape index (κ1) is 17.3. The van der Waals surface area contributed by atoms with Gasteiger partial charge in [-0.1, -0.05) is 18.2 Å². The molecular weight excluding hydrogens is 340 g/mol. The summed E-state index contributed by atoms with van der Waals surface area (Å²) in [6.45, 7) is 2.17. The van der Waals surface area contributed by atoms with Crippen molar-refractivity contribution >= 4 is 28.1 Å². The van der Waals surface area contributed by atoms with Gasteiger partial charge in [-0.2, -0.15) is 5.10 Å². The van der Waals surface area contributed by atoms with Gasteiger partial charge in [0.2, 0.25) is 0 Å². The number of anilines is 2. The van der Waals surface area contributed by atoms with E-state index in [2.05, 4.69) is 15.3 Å². The topological polar surface area (TPSA) is 67.2 Å². The molecule has 3 aromatic rings. The molecule has 2 heterocycles. The Morgan fingerprint density at radius 3 is 2.33 bits per heavy atom. The molecule has 0 bridgehead atoms. The Balaban J connectivity index is 1.58. The highest BCUT2D eigenvalue weighted by atomic mass is 16.2. The molecule has 27 heavy (non-hydrogen) atoms. The maximum Gasteiger partial charge on any atom is 0.276 e. The minimum Gasteiger partial charge on any atom is -0.372 e. The summed E-state index contributed by atoms with van der Waals surface area (Å²) in [4.78, 5) is 27.4. The van der Waals surface area contributed by atoms with Gasteiger partial charge in [0.25, 0.3) is 11.5 Å². The summed E-state index contributed by atoms with van der Waals surface area (Å²) in [7, 11) is 1.55. The number of rotatable bonds is 3. The number of amides is 1. The second kappa shape index (κ2) is 7.23. The Hall–Kier alpha value is -3.15. The van der Waals surface area contributed by atoms with Gasteiger partial charge in [-0.25, -0.2) is 4.68 Å². The van der Waals surface area contributed by atoms with Gasteiger partial charge in [0.05, 0.1) is 5.39 Å². The molecule has 0 radical (unpaired) electrons. The zero-order valence-electron chi connectivity index (χ0n) is 15.3. The number of nitrogens with one attached hydrogen (secondary N) is 1. The third-order valence-electron chi connectivity index (χ3n) is 5.02. The smallest absolute Gasteiger partial charge is 0.276 e. The molecule has 1 aromatic heterocycles. The summed E-state index contributed by atoms with van der Waals surface area (Å²) >= 11 is 0. The number of aryl methyl sites for hydroxylation is 1. The third kappa shape index (κ3) is 3.43. The number of carbonyl (C=O) groups is 1. The van der Waals surface area contributed by atoms with Crippen LogP contribution < -0.4 is 15.8 Å². The molecule has 1 aliphatic heterocycles. The van der Waals surface area contributed by atoms with Crippen molar-refractivity contribution in [1.82, 2.24) is 9.78 Å². The van der Waals surface area contributed by atoms with Crippen LogP contribution in [0.3, 0.4) is 0 Å². The highest BCUT2D eigenvalue weighted by Gasteiger charge is 2.16. The number of benzene rings is 2. The maximum atomic E-state index is 12.8. The largest absolute Gasteiger partial charge is 0.372 e. The third-order valence-corrected chi connectivity index (χ3v) is 5.02. The fraction of sp³-hybridized carbons (Fsp3) is 0.286. The number of fused-ring (bicyclic) bond motifs is 1. The number of hydrogen-bond acceptors (Lipinski definition) is 4. The van der Waals surface area contributed by atoms with Crippen LogP contribution in [0.1, 0.15) is 29.8 Å². The highest BCUT2D eigenvalue weighted by Crippen LogP contribution is 2.22. The average molecular weight is 362 g/mol. The molecule has 1 aliphatic rings. The van der Waals surface area contributed by atoms with E-state index in [1.165, 1.54) is 29.6 Å². The van der Waals surface area contributed by atoms with Crippen LogP contribution in [0.15, 0.2) is 53.3 Å². The molecule has 6 heteroatoms. The molecule has 1 amide bonds. The maximum absolute atomic E-state index is 12.8. The van der Waals surface area contributed by atoms with Crippen molar-refractivity contribution in [2.45, 2.75) is 19.3 Å². The first-order valence-electron chi connectivity index (χ1n) is 9.26. The lowest BCUT2D eigenvalue weighted by atomic mass is 10.1. The number of aromatic nitrogens is 2. The minimum atomic E-state index is -0.326. The standard InChI is InChI=1S/C21H22N4O2/c1-24-21(27)18-8-4-3-7-17(18)19(23-24)20(26)22-15-9-11-16(12-10-15)25-13-5-2-6-14-25/h3-4,7-12H,2,5-6,13-14H2,1H3,(H,22,26). The normalized spacial score (nSPS) is 14.3. The Bertz CT molecular complexity index is 1030. The summed E-state index contributed by atoms with van der Waals surface area (Å²) in [6, 6.07) is 14.9. The number of piperidine rings is 1. The zero-order valence-corrected chi connectivity index (χ0v) is 15.3. The summed E-state index contributed by atoms with van der Waals surface area (Å²) in [6.07, 6.45) is 3.75. The van der Waals surface area contributed by atoms with Crippen LogP contribution in [0, 0.1) is 0 Å². The Morgan fingerprint density at radius 1 is 0.963 bits per heavy atom. The molecule has 1 N–H and O–H groups in total. The van der Waals surface area contributed by atoms with Gasteiger partial charge in [0.15, 0.2) is 5.69 Å². The van der Waals surface area contributed by atoms with Crippen molar-refractivity contribution in [2.75, 3.05) is 23.3 Å². The lowest BCUT2D eigenvalue weighted by molar-refractivity contribution is 0.102. The quantitative estimate of drug-likeness (QED) is 0.777. The van der Waals surface area contributed by atoms with Gasteiger partial charge >= 0.3 is 0 Å². The summed E-state index contributed by atoms with van der Waals surface area (Å²) in [5.74, 6) is -0.326. The van der Waals surface area contributed by atoms with Crippen LogP contribution in [0.2, 0.25) is 0 Å². The molecule has 0 spiro atoms. The van der Waals surface area contributed by atoms with Gasteiger partial charge in [0.1, 0.15) is 0 Å². The van der Waals surface area contributed by atoms with Crippen molar-refractivity contribution in [2.24, 2.45) is 7.05 Å². The second-order valence-electron chi connectivity index (χ2n) is 6.87. The predicted octanol–water partition coefficient (Wildman–Crippen LogP) is 3.18. The highest BCUT2D eigenvalue weighted by molar-refractivity contribution is 6.11. The van der Waals surface area contributed by atoms with Crippen LogP contribution in [0.5, 0.6) is 0 Å². The van der Waals surface area contributed by atoms with Crippen LogP contribution in [0.4, 0.5) is 11.4 Å². The van der Waals surface area contributed by atoms with Gasteiger partial charge in [-0.15, -0.1) is 0 Å². The second-order valence-corrected chi connectivity index (χ2v) is 6.87. The SMILES string of the molecule is Cn1nc(C(=O)Nc2ccc(N3CCCCC3)cc2)c2ccccc2c1=O. The van der Waals surface area contributed by atoms with E-state index in [4.69, 9.17) is 0 Å². The van der Waals surface area contributed by atoms with Crippen LogP contribution in [0.25, 0.3) is 10.8 Å². The van der Waals surface area contributed by atoms with Crippen molar-refractivity contribution in [3.63, 3.8) is 0 Å². The van der Waals surface area contributed by atoms with E-state index >= 15 is 0 Å². The van der Waals surface area contributed by atoms with E-state index in [9.17, 15) is 9.59 Å². The molecule has 0 unspecified atom stereocenters. The number of hydrogen-bond donors (Lipinski definition) is 1. The van der Waals surface area contributed by atoms with E-state index in [0.717, 1.165) is 13.1 Å². The summed E-state index contributed by atoms with van der Waals surface area (Å²) < 4.78 is 1.21. The Kier molecular flexibility index (Phi) is 4.62. The Labute approximate surface area is 157 Å². The first-order valence-corrected chi connectivity index (χ1v) is 9.26. The van der Waals surface area contributed by atoms with Crippen molar-refractivity contribution in [3.8, 4) is 0 Å². The fourth-order valence-corrected chi connectivity index (χ4v) is 3.57. The lowest BCUT2D eigenvalue weighted by Gasteiger charge is -2.28.